The third-order valence-corrected chi connectivity index (χ3v) is 9.27. The van der Waals surface area contributed by atoms with Crippen LogP contribution in [-0.4, -0.2) is 71.2 Å². The van der Waals surface area contributed by atoms with Crippen molar-refractivity contribution in [2.45, 2.75) is 36.7 Å². The largest absolute Gasteiger partial charge is 0.381 e. The summed E-state index contributed by atoms with van der Waals surface area (Å²) < 4.78 is 50.8. The van der Waals surface area contributed by atoms with Gasteiger partial charge in [0, 0.05) is 56.2 Å². The number of piperazine rings is 1. The number of rotatable bonds is 5. The van der Waals surface area contributed by atoms with E-state index in [0.29, 0.717) is 32.8 Å². The molecule has 1 atom stereocenters. The van der Waals surface area contributed by atoms with Gasteiger partial charge in [-0.25, -0.2) is 17.5 Å². The average Bonchev–Trinajstić information content (AvgIpc) is 3.58. The highest BCUT2D eigenvalue weighted by Gasteiger charge is 2.35. The summed E-state index contributed by atoms with van der Waals surface area (Å²) in [6, 6.07) is 12.3. The molecule has 0 saturated carbocycles. The second-order valence-electron chi connectivity index (χ2n) is 9.69. The van der Waals surface area contributed by atoms with Gasteiger partial charge in [-0.05, 0) is 62.2 Å². The van der Waals surface area contributed by atoms with Crippen LogP contribution < -0.4 is 4.90 Å². The lowest BCUT2D eigenvalue weighted by atomic mass is 10.1. The van der Waals surface area contributed by atoms with E-state index in [1.807, 2.05) is 19.1 Å². The van der Waals surface area contributed by atoms with Crippen LogP contribution in [0.1, 0.15) is 25.8 Å². The molecular formula is C26H29FN6O3S. The molecule has 0 spiro atoms. The van der Waals surface area contributed by atoms with Crippen molar-refractivity contribution >= 4 is 26.6 Å². The van der Waals surface area contributed by atoms with E-state index in [0.717, 1.165) is 35.1 Å². The summed E-state index contributed by atoms with van der Waals surface area (Å²) in [7, 11) is -3.65. The van der Waals surface area contributed by atoms with E-state index in [9.17, 15) is 12.8 Å². The maximum Gasteiger partial charge on any atom is 0.246 e. The second kappa shape index (κ2) is 9.55. The molecule has 9 nitrogen and oxygen atoms in total. The molecule has 37 heavy (non-hydrogen) atoms. The first kappa shape index (κ1) is 24.1. The maximum absolute atomic E-state index is 13.5. The molecule has 0 radical (unpaired) electrons. The van der Waals surface area contributed by atoms with Crippen molar-refractivity contribution in [3.63, 3.8) is 0 Å². The van der Waals surface area contributed by atoms with Crippen LogP contribution in [0, 0.1) is 5.82 Å². The molecule has 6 rings (SSSR count). The van der Waals surface area contributed by atoms with Crippen LogP contribution in [0.25, 0.3) is 16.6 Å². The molecule has 2 aromatic carbocycles. The smallest absolute Gasteiger partial charge is 0.246 e. The van der Waals surface area contributed by atoms with Crippen LogP contribution in [0.5, 0.6) is 0 Å². The molecule has 2 aromatic heterocycles. The summed E-state index contributed by atoms with van der Waals surface area (Å²) >= 11 is 0. The average molecular weight is 525 g/mol. The zero-order valence-corrected chi connectivity index (χ0v) is 21.4. The number of hydrogen-bond acceptors (Lipinski definition) is 6. The lowest BCUT2D eigenvalue weighted by Gasteiger charge is -2.39. The van der Waals surface area contributed by atoms with Crippen LogP contribution in [0.3, 0.4) is 0 Å². The zero-order chi connectivity index (χ0) is 25.6. The van der Waals surface area contributed by atoms with Gasteiger partial charge in [0.2, 0.25) is 10.0 Å². The number of benzene rings is 2. The molecule has 194 valence electrons. The molecule has 0 amide bonds. The lowest BCUT2D eigenvalue weighted by Crippen LogP contribution is -2.53. The van der Waals surface area contributed by atoms with Gasteiger partial charge < -0.3 is 9.64 Å². The van der Waals surface area contributed by atoms with E-state index in [2.05, 4.69) is 21.2 Å². The predicted octanol–water partition coefficient (Wildman–Crippen LogP) is 3.61. The predicted molar refractivity (Wildman–Crippen MR) is 138 cm³/mol. The Morgan fingerprint density at radius 3 is 2.49 bits per heavy atom. The van der Waals surface area contributed by atoms with Crippen LogP contribution in [0.4, 0.5) is 10.1 Å². The van der Waals surface area contributed by atoms with E-state index in [1.54, 1.807) is 38.2 Å². The normalized spacial score (nSPS) is 20.1. The molecule has 2 saturated heterocycles. The SMILES string of the molecule is C[C@@H]1CN(c2ccc3c(cnn3-c3ccc(F)cc3)c2)CCN1S(=O)(=O)c1cnn(C2CCOCC2)c1. The van der Waals surface area contributed by atoms with Gasteiger partial charge in [-0.3, -0.25) is 4.68 Å². The van der Waals surface area contributed by atoms with E-state index in [1.165, 1.54) is 18.3 Å². The van der Waals surface area contributed by atoms with Crippen molar-refractivity contribution in [3.05, 3.63) is 66.9 Å². The van der Waals surface area contributed by atoms with Gasteiger partial charge in [0.1, 0.15) is 10.7 Å². The Kier molecular flexibility index (Phi) is 6.21. The van der Waals surface area contributed by atoms with E-state index in [4.69, 9.17) is 4.74 Å². The van der Waals surface area contributed by atoms with E-state index < -0.39 is 10.0 Å². The number of anilines is 1. The summed E-state index contributed by atoms with van der Waals surface area (Å²) in [5, 5.41) is 9.81. The Bertz CT molecular complexity index is 1510. The maximum atomic E-state index is 13.5. The van der Waals surface area contributed by atoms with Crippen molar-refractivity contribution in [1.82, 2.24) is 23.9 Å². The van der Waals surface area contributed by atoms with Gasteiger partial charge in [0.15, 0.2) is 0 Å². The summed E-state index contributed by atoms with van der Waals surface area (Å²) in [4.78, 5) is 2.45. The second-order valence-corrected chi connectivity index (χ2v) is 11.6. The molecule has 11 heteroatoms. The zero-order valence-electron chi connectivity index (χ0n) is 20.6. The van der Waals surface area contributed by atoms with E-state index >= 15 is 0 Å². The minimum Gasteiger partial charge on any atom is -0.381 e. The minimum atomic E-state index is -3.65. The number of nitrogens with zero attached hydrogens (tertiary/aromatic N) is 6. The quantitative estimate of drug-likeness (QED) is 0.397. The number of halogens is 1. The summed E-state index contributed by atoms with van der Waals surface area (Å²) in [5.41, 5.74) is 2.73. The van der Waals surface area contributed by atoms with Crippen LogP contribution in [0.15, 0.2) is 66.0 Å². The fourth-order valence-corrected chi connectivity index (χ4v) is 6.83. The molecule has 0 bridgehead atoms. The van der Waals surface area contributed by atoms with Crippen molar-refractivity contribution in [1.29, 1.82) is 0 Å². The van der Waals surface area contributed by atoms with Gasteiger partial charge in [0.05, 0.1) is 29.6 Å². The molecule has 2 aliphatic heterocycles. The third-order valence-electron chi connectivity index (χ3n) is 7.30. The number of sulfonamides is 1. The fraction of sp³-hybridized carbons (Fsp3) is 0.385. The van der Waals surface area contributed by atoms with E-state index in [-0.39, 0.29) is 22.8 Å². The highest BCUT2D eigenvalue weighted by molar-refractivity contribution is 7.89. The lowest BCUT2D eigenvalue weighted by molar-refractivity contribution is 0.0662. The standard InChI is InChI=1S/C26H29FN6O3S/c1-19-17-30(24-6-7-26-20(14-24)15-29-33(26)23-4-2-21(27)3-5-23)10-11-32(19)37(34,35)25-16-28-31(18-25)22-8-12-36-13-9-22/h2-7,14-16,18-19,22H,8-13,17H2,1H3/t19-/m1/s1. The first-order valence-corrected chi connectivity index (χ1v) is 14.0. The Morgan fingerprint density at radius 2 is 1.73 bits per heavy atom. The highest BCUT2D eigenvalue weighted by atomic mass is 32.2. The molecule has 4 aromatic rings. The van der Waals surface area contributed by atoms with Crippen molar-refractivity contribution in [2.24, 2.45) is 0 Å². The highest BCUT2D eigenvalue weighted by Crippen LogP contribution is 2.29. The molecule has 0 N–H and O–H groups in total. The molecule has 0 aliphatic carbocycles. The Morgan fingerprint density at radius 1 is 0.973 bits per heavy atom. The molecule has 2 aliphatic rings. The Hall–Kier alpha value is -3.28. The Labute approximate surface area is 215 Å². The molecule has 4 heterocycles. The Balaban J connectivity index is 1.18. The van der Waals surface area contributed by atoms with Crippen molar-refractivity contribution < 1.29 is 17.5 Å². The summed E-state index contributed by atoms with van der Waals surface area (Å²) in [6.07, 6.45) is 6.60. The fourth-order valence-electron chi connectivity index (χ4n) is 5.28. The third kappa shape index (κ3) is 4.51. The minimum absolute atomic E-state index is 0.175. The number of aromatic nitrogens is 4. The summed E-state index contributed by atoms with van der Waals surface area (Å²) in [6.45, 7) is 4.82. The van der Waals surface area contributed by atoms with Gasteiger partial charge in [0.25, 0.3) is 0 Å². The molecule has 0 unspecified atom stereocenters. The van der Waals surface area contributed by atoms with Crippen molar-refractivity contribution in [3.8, 4) is 5.69 Å². The monoisotopic (exact) mass is 524 g/mol. The first-order chi connectivity index (χ1) is 17.9. The molecule has 2 fully saturated rings. The van der Waals surface area contributed by atoms with Crippen molar-refractivity contribution in [2.75, 3.05) is 37.7 Å². The van der Waals surface area contributed by atoms with Gasteiger partial charge in [-0.2, -0.15) is 14.5 Å². The van der Waals surface area contributed by atoms with Crippen LogP contribution in [0.2, 0.25) is 0 Å². The summed E-state index contributed by atoms with van der Waals surface area (Å²) in [5.74, 6) is -0.286. The topological polar surface area (TPSA) is 85.5 Å². The van der Waals surface area contributed by atoms with Gasteiger partial charge in [-0.15, -0.1) is 0 Å². The van der Waals surface area contributed by atoms with Gasteiger partial charge >= 0.3 is 0 Å². The first-order valence-electron chi connectivity index (χ1n) is 12.5. The van der Waals surface area contributed by atoms with Crippen LogP contribution >= 0.6 is 0 Å². The molecular weight excluding hydrogens is 495 g/mol. The number of fused-ring (bicyclic) bond motifs is 1. The van der Waals surface area contributed by atoms with Gasteiger partial charge in [-0.1, -0.05) is 0 Å². The van der Waals surface area contributed by atoms with Crippen LogP contribution in [-0.2, 0) is 14.8 Å². The number of hydrogen-bond donors (Lipinski definition) is 0. The number of ether oxygens (including phenoxy) is 1.